The van der Waals surface area contributed by atoms with Crippen LogP contribution in [-0.2, 0) is 0 Å². The average molecular weight is 237 g/mol. The smallest absolute Gasteiger partial charge is 0.257 e. The monoisotopic (exact) mass is 237 g/mol. The van der Waals surface area contributed by atoms with Crippen LogP contribution in [-0.4, -0.2) is 4.92 Å². The highest BCUT2D eigenvalue weighted by atomic mass is 19.1. The zero-order valence-electron chi connectivity index (χ0n) is 10.3. The van der Waals surface area contributed by atoms with Gasteiger partial charge in [0.2, 0.25) is 0 Å². The van der Waals surface area contributed by atoms with Gasteiger partial charge in [0.15, 0.2) is 0 Å². The Hall–Kier alpha value is -1.71. The summed E-state index contributed by atoms with van der Waals surface area (Å²) in [4.78, 5) is 10.3. The predicted octanol–water partition coefficient (Wildman–Crippen LogP) is 2.20. The number of hydrogen-bond donors (Lipinski definition) is 0. The predicted molar refractivity (Wildman–Crippen MR) is 65.7 cm³/mol. The summed E-state index contributed by atoms with van der Waals surface area (Å²) in [6, 6.07) is 4.58. The number of benzene rings is 1. The second-order valence-electron chi connectivity index (χ2n) is 3.65. The van der Waals surface area contributed by atoms with Gasteiger partial charge < -0.3 is 0 Å². The summed E-state index contributed by atoms with van der Waals surface area (Å²) in [5.74, 6) is -0.502. The van der Waals surface area contributed by atoms with Crippen molar-refractivity contribution >= 4 is 11.3 Å². The Labute approximate surface area is 99.4 Å². The Kier molecular flexibility index (Phi) is 4.37. The zero-order chi connectivity index (χ0) is 13.0. The summed E-state index contributed by atoms with van der Waals surface area (Å²) >= 11 is 0. The van der Waals surface area contributed by atoms with Crippen LogP contribution >= 0.6 is 0 Å². The topological polar surface area (TPSA) is 43.1 Å². The lowest BCUT2D eigenvalue weighted by Crippen LogP contribution is -2.36. The Balaban J connectivity index is 0.000000686. The lowest BCUT2D eigenvalue weighted by atomic mass is 9.98. The molecule has 0 spiro atoms. The highest BCUT2D eigenvalue weighted by Gasteiger charge is 2.19. The van der Waals surface area contributed by atoms with Gasteiger partial charge in [-0.15, -0.1) is 0 Å². The maximum absolute atomic E-state index is 13.5. The molecule has 0 heterocycles. The number of fused-ring (bicyclic) bond motifs is 1. The van der Waals surface area contributed by atoms with E-state index in [1.807, 2.05) is 20.8 Å². The fourth-order valence-corrected chi connectivity index (χ4v) is 1.92. The molecule has 0 N–H and O–H groups in total. The molecule has 1 aromatic rings. The Morgan fingerprint density at radius 3 is 2.53 bits per heavy atom. The van der Waals surface area contributed by atoms with Crippen molar-refractivity contribution in [3.8, 4) is 0 Å². The van der Waals surface area contributed by atoms with Crippen LogP contribution in [0, 0.1) is 15.9 Å². The van der Waals surface area contributed by atoms with E-state index in [2.05, 4.69) is 0 Å². The molecule has 0 bridgehead atoms. The molecule has 0 radical (unpaired) electrons. The highest BCUT2D eigenvalue weighted by molar-refractivity contribution is 5.52. The van der Waals surface area contributed by atoms with Gasteiger partial charge in [-0.3, -0.25) is 10.1 Å². The first-order valence-electron chi connectivity index (χ1n) is 5.73. The van der Waals surface area contributed by atoms with E-state index >= 15 is 0 Å². The summed E-state index contributed by atoms with van der Waals surface area (Å²) < 4.78 is 13.5. The van der Waals surface area contributed by atoms with Gasteiger partial charge >= 0.3 is 0 Å². The van der Waals surface area contributed by atoms with E-state index in [0.717, 1.165) is 5.57 Å². The van der Waals surface area contributed by atoms with Crippen molar-refractivity contribution in [1.29, 1.82) is 0 Å². The summed E-state index contributed by atoms with van der Waals surface area (Å²) in [6.07, 6.45) is 0.944. The molecule has 0 saturated carbocycles. The van der Waals surface area contributed by atoms with E-state index in [1.165, 1.54) is 6.07 Å². The summed E-state index contributed by atoms with van der Waals surface area (Å²) in [6.45, 7) is 5.88. The summed E-state index contributed by atoms with van der Waals surface area (Å²) in [5, 5.41) is 11.6. The van der Waals surface area contributed by atoms with E-state index in [-0.39, 0.29) is 10.9 Å². The zero-order valence-corrected chi connectivity index (χ0v) is 10.3. The number of nitrogens with zero attached hydrogens (tertiary/aromatic N) is 1. The van der Waals surface area contributed by atoms with E-state index in [4.69, 9.17) is 0 Å². The van der Waals surface area contributed by atoms with Gasteiger partial charge in [0.05, 0.1) is 10.1 Å². The van der Waals surface area contributed by atoms with Crippen molar-refractivity contribution in [2.45, 2.75) is 33.6 Å². The minimum Gasteiger partial charge on any atom is -0.259 e. The van der Waals surface area contributed by atoms with E-state index in [9.17, 15) is 14.5 Å². The molecule has 2 rings (SSSR count). The van der Waals surface area contributed by atoms with Crippen LogP contribution in [0.2, 0.25) is 0 Å². The maximum Gasteiger partial charge on any atom is 0.257 e. The average Bonchev–Trinajstić information content (AvgIpc) is 2.33. The van der Waals surface area contributed by atoms with Crippen molar-refractivity contribution in [2.24, 2.45) is 0 Å². The van der Waals surface area contributed by atoms with Crippen LogP contribution in [0.25, 0.3) is 11.3 Å². The summed E-state index contributed by atoms with van der Waals surface area (Å²) in [7, 11) is 0. The van der Waals surface area contributed by atoms with Crippen LogP contribution in [0.4, 0.5) is 4.39 Å². The van der Waals surface area contributed by atoms with Crippen LogP contribution in [0.15, 0.2) is 18.2 Å². The van der Waals surface area contributed by atoms with E-state index in [1.54, 1.807) is 12.1 Å². The molecule has 17 heavy (non-hydrogen) atoms. The molecule has 0 aliphatic heterocycles. The normalized spacial score (nSPS) is 13.6. The number of nitro groups is 1. The molecule has 0 amide bonds. The van der Waals surface area contributed by atoms with Gasteiger partial charge in [0.25, 0.3) is 5.70 Å². The molecule has 1 aromatic carbocycles. The second-order valence-corrected chi connectivity index (χ2v) is 3.65. The van der Waals surface area contributed by atoms with Gasteiger partial charge in [-0.05, 0) is 24.6 Å². The van der Waals surface area contributed by atoms with Crippen molar-refractivity contribution in [1.82, 2.24) is 0 Å². The highest BCUT2D eigenvalue weighted by Crippen LogP contribution is 2.14. The third kappa shape index (κ3) is 2.52. The first kappa shape index (κ1) is 13.4. The molecular formula is C13H16FNO2. The maximum atomic E-state index is 13.5. The van der Waals surface area contributed by atoms with Crippen molar-refractivity contribution < 1.29 is 9.31 Å². The number of halogens is 1. The summed E-state index contributed by atoms with van der Waals surface area (Å²) in [5.41, 5.74) is 1.00. The molecule has 0 saturated heterocycles. The fourth-order valence-electron chi connectivity index (χ4n) is 1.92. The molecule has 0 unspecified atom stereocenters. The fraction of sp³-hybridized carbons (Fsp3) is 0.385. The molecule has 4 heteroatoms. The molecule has 1 aliphatic rings. The number of rotatable bonds is 1. The van der Waals surface area contributed by atoms with Crippen LogP contribution in [0.1, 0.15) is 33.6 Å². The lowest BCUT2D eigenvalue weighted by molar-refractivity contribution is -0.382. The van der Waals surface area contributed by atoms with E-state index in [0.29, 0.717) is 18.1 Å². The molecule has 3 nitrogen and oxygen atoms in total. The van der Waals surface area contributed by atoms with Crippen molar-refractivity contribution in [2.75, 3.05) is 0 Å². The quantitative estimate of drug-likeness (QED) is 0.555. The Morgan fingerprint density at radius 2 is 1.94 bits per heavy atom. The number of hydrogen-bond acceptors (Lipinski definition) is 2. The Bertz CT molecular complexity index is 549. The molecule has 1 aliphatic carbocycles. The van der Waals surface area contributed by atoms with Gasteiger partial charge in [-0.25, -0.2) is 4.39 Å². The van der Waals surface area contributed by atoms with Crippen LogP contribution < -0.4 is 10.4 Å². The SMILES string of the molecule is CC.CC1=c2cccc(F)c2=C([N+](=O)[O-])CC1. The third-order valence-electron chi connectivity index (χ3n) is 2.72. The minimum atomic E-state index is -0.502. The van der Waals surface area contributed by atoms with Gasteiger partial charge in [0.1, 0.15) is 5.82 Å². The van der Waals surface area contributed by atoms with Crippen molar-refractivity contribution in [3.05, 3.63) is 44.6 Å². The van der Waals surface area contributed by atoms with Gasteiger partial charge in [-0.2, -0.15) is 0 Å². The Morgan fingerprint density at radius 1 is 1.29 bits per heavy atom. The van der Waals surface area contributed by atoms with Crippen LogP contribution in [0.3, 0.4) is 0 Å². The van der Waals surface area contributed by atoms with Crippen molar-refractivity contribution in [3.63, 3.8) is 0 Å². The minimum absolute atomic E-state index is 0.00583. The largest absolute Gasteiger partial charge is 0.259 e. The first-order chi connectivity index (χ1) is 8.11. The van der Waals surface area contributed by atoms with Gasteiger partial charge in [0, 0.05) is 6.42 Å². The molecule has 0 fully saturated rings. The molecular weight excluding hydrogens is 221 g/mol. The third-order valence-corrected chi connectivity index (χ3v) is 2.72. The molecule has 0 atom stereocenters. The first-order valence-corrected chi connectivity index (χ1v) is 5.73. The molecule has 92 valence electrons. The lowest BCUT2D eigenvalue weighted by Gasteiger charge is -2.08. The standard InChI is InChI=1S/C11H10FNO2.C2H6/c1-7-5-6-10(13(14)15)11-8(7)3-2-4-9(11)12;1-2/h2-4H,5-6H2,1H3;1-2H3. The molecule has 0 aromatic heterocycles. The van der Waals surface area contributed by atoms with Gasteiger partial charge in [-0.1, -0.05) is 31.6 Å². The second kappa shape index (κ2) is 5.57. The van der Waals surface area contributed by atoms with E-state index < -0.39 is 10.7 Å². The van der Waals surface area contributed by atoms with Crippen LogP contribution in [0.5, 0.6) is 0 Å².